The maximum atomic E-state index is 12.9. The number of unbranched alkanes of at least 4 members (excludes halogenated alkanes) is 16. The number of nitrogens with one attached hydrogen (secondary N) is 1. The van der Waals surface area contributed by atoms with Crippen LogP contribution in [0.3, 0.4) is 0 Å². The Hall–Kier alpha value is -3.36. The molecule has 0 rings (SSSR count). The van der Waals surface area contributed by atoms with Gasteiger partial charge in [0.25, 0.3) is 7.82 Å². The van der Waals surface area contributed by atoms with E-state index in [0.29, 0.717) is 17.4 Å². The van der Waals surface area contributed by atoms with Crippen LogP contribution in [-0.4, -0.2) is 68.5 Å². The van der Waals surface area contributed by atoms with Crippen LogP contribution in [-0.2, 0) is 18.4 Å². The smallest absolute Gasteiger partial charge is 0.268 e. The molecule has 3 unspecified atom stereocenters. The Kier molecular flexibility index (Phi) is 49.1. The largest absolute Gasteiger partial charge is 0.756 e. The Bertz CT molecular complexity index is 1610. The molecular formula is C62H105N2O6P. The normalized spacial score (nSPS) is 15.0. The third kappa shape index (κ3) is 54.3. The van der Waals surface area contributed by atoms with Gasteiger partial charge in [0.2, 0.25) is 5.91 Å². The molecule has 0 spiro atoms. The number of rotatable bonds is 49. The lowest BCUT2D eigenvalue weighted by molar-refractivity contribution is -0.870. The summed E-state index contributed by atoms with van der Waals surface area (Å²) >= 11 is 0. The number of hydrogen-bond donors (Lipinski definition) is 2. The minimum Gasteiger partial charge on any atom is -0.756 e. The quantitative estimate of drug-likeness (QED) is 0.0272. The van der Waals surface area contributed by atoms with E-state index in [1.807, 2.05) is 27.2 Å². The van der Waals surface area contributed by atoms with E-state index in [-0.39, 0.29) is 18.9 Å². The van der Waals surface area contributed by atoms with Crippen molar-refractivity contribution < 1.29 is 32.9 Å². The highest BCUT2D eigenvalue weighted by Gasteiger charge is 2.23. The molecule has 9 heteroatoms. The monoisotopic (exact) mass is 1000 g/mol. The molecule has 0 saturated carbocycles. The number of nitrogens with zero attached hydrogens (tertiary/aromatic N) is 1. The number of aliphatic hydroxyl groups excluding tert-OH is 1. The molecule has 1 amide bonds. The highest BCUT2D eigenvalue weighted by Crippen LogP contribution is 2.38. The van der Waals surface area contributed by atoms with Gasteiger partial charge in [-0.05, 0) is 96.3 Å². The van der Waals surface area contributed by atoms with E-state index in [1.165, 1.54) is 77.0 Å². The first-order valence-corrected chi connectivity index (χ1v) is 29.5. The van der Waals surface area contributed by atoms with Gasteiger partial charge in [-0.2, -0.15) is 0 Å². The first-order valence-electron chi connectivity index (χ1n) is 28.0. The summed E-state index contributed by atoms with van der Waals surface area (Å²) in [5, 5.41) is 13.8. The van der Waals surface area contributed by atoms with Crippen LogP contribution in [0, 0.1) is 0 Å². The molecule has 0 bridgehead atoms. The minimum absolute atomic E-state index is 0.0171. The number of phosphoric ester groups is 1. The molecular weight excluding hydrogens is 900 g/mol. The van der Waals surface area contributed by atoms with Crippen LogP contribution in [0.2, 0.25) is 0 Å². The minimum atomic E-state index is -4.62. The Morgan fingerprint density at radius 1 is 0.507 bits per heavy atom. The first-order chi connectivity index (χ1) is 34.5. The van der Waals surface area contributed by atoms with Crippen molar-refractivity contribution in [3.05, 3.63) is 134 Å². The lowest BCUT2D eigenvalue weighted by Gasteiger charge is -2.29. The predicted molar refractivity (Wildman–Crippen MR) is 306 cm³/mol. The number of carbonyl (C=O) groups excluding carboxylic acids is 1. The third-order valence-electron chi connectivity index (χ3n) is 11.6. The van der Waals surface area contributed by atoms with Crippen molar-refractivity contribution >= 4 is 13.7 Å². The molecule has 3 atom stereocenters. The Morgan fingerprint density at radius 2 is 0.859 bits per heavy atom. The molecule has 0 aliphatic carbocycles. The maximum Gasteiger partial charge on any atom is 0.268 e. The molecule has 0 aromatic heterocycles. The fourth-order valence-electron chi connectivity index (χ4n) is 7.24. The number of allylic oxidation sites excluding steroid dienone is 21. The van der Waals surface area contributed by atoms with Crippen LogP contribution in [0.1, 0.15) is 200 Å². The van der Waals surface area contributed by atoms with E-state index < -0.39 is 26.6 Å². The second kappa shape index (κ2) is 51.5. The molecule has 2 N–H and O–H groups in total. The molecule has 404 valence electrons. The SMILES string of the molecule is CC/C=C\C/C=C\C/C=C\C/C=C\C/C=C\C/C=C\C/C=C\C/C=C\C/C=C\C/C=C\CCCCC(=O)NC(COP(=O)([O-])OCC[N+](C)(C)C)C(O)/C=C/CCCCCCCCCCCCCCCC. The van der Waals surface area contributed by atoms with Crippen LogP contribution in [0.25, 0.3) is 0 Å². The molecule has 0 aliphatic rings. The van der Waals surface area contributed by atoms with Crippen LogP contribution in [0.15, 0.2) is 134 Å². The molecule has 0 fully saturated rings. The van der Waals surface area contributed by atoms with Crippen LogP contribution in [0.5, 0.6) is 0 Å². The van der Waals surface area contributed by atoms with Crippen molar-refractivity contribution in [2.24, 2.45) is 0 Å². The summed E-state index contributed by atoms with van der Waals surface area (Å²) < 4.78 is 23.3. The topological polar surface area (TPSA) is 108 Å². The van der Waals surface area contributed by atoms with Gasteiger partial charge in [-0.25, -0.2) is 0 Å². The molecule has 0 aliphatic heterocycles. The average molecular weight is 1010 g/mol. The van der Waals surface area contributed by atoms with E-state index in [0.717, 1.165) is 96.3 Å². The number of phosphoric acid groups is 1. The standard InChI is InChI=1S/C62H105N2O6P/c1-6-8-10-12-14-16-18-20-22-24-25-26-27-28-29-30-31-32-33-34-35-36-37-38-39-40-42-44-46-48-50-52-54-56-62(66)63-60(59-70-71(67,68)69-58-57-64(3,4)5)61(65)55-53-51-49-47-45-43-41-23-21-19-17-15-13-11-9-7-2/h8,10,14,16,20,22,25-26,28-29,31-32,34-35,37-38,40,42,46,48,53,55,60-61,65H,6-7,9,11-13,15,17-19,21,23-24,27,30,33,36,39,41,43-45,47,49-52,54,56-59H2,1-5H3,(H-,63,66,67,68)/b10-8-,16-14-,22-20-,26-25-,29-28-,32-31-,35-34-,38-37-,42-40-,48-46-,55-53+. The van der Waals surface area contributed by atoms with E-state index in [1.54, 1.807) is 6.08 Å². The first kappa shape index (κ1) is 67.6. The van der Waals surface area contributed by atoms with Crippen molar-refractivity contribution in [1.29, 1.82) is 0 Å². The average Bonchev–Trinajstić information content (AvgIpc) is 3.33. The molecule has 0 aromatic carbocycles. The molecule has 0 heterocycles. The van der Waals surface area contributed by atoms with Gasteiger partial charge in [0.1, 0.15) is 13.2 Å². The fourth-order valence-corrected chi connectivity index (χ4v) is 7.96. The van der Waals surface area contributed by atoms with Crippen LogP contribution < -0.4 is 10.2 Å². The van der Waals surface area contributed by atoms with Crippen molar-refractivity contribution in [3.8, 4) is 0 Å². The lowest BCUT2D eigenvalue weighted by Crippen LogP contribution is -2.45. The van der Waals surface area contributed by atoms with Crippen molar-refractivity contribution in [3.63, 3.8) is 0 Å². The van der Waals surface area contributed by atoms with Crippen molar-refractivity contribution in [2.45, 2.75) is 212 Å². The highest BCUT2D eigenvalue weighted by molar-refractivity contribution is 7.45. The van der Waals surface area contributed by atoms with Gasteiger partial charge in [0.15, 0.2) is 0 Å². The Labute approximate surface area is 436 Å². The number of amides is 1. The third-order valence-corrected chi connectivity index (χ3v) is 12.6. The lowest BCUT2D eigenvalue weighted by atomic mass is 10.0. The summed E-state index contributed by atoms with van der Waals surface area (Å²) in [5.74, 6) is -0.245. The van der Waals surface area contributed by atoms with Gasteiger partial charge >= 0.3 is 0 Å². The summed E-state index contributed by atoms with van der Waals surface area (Å²) in [6, 6.07) is -0.920. The summed E-state index contributed by atoms with van der Waals surface area (Å²) in [7, 11) is 1.21. The molecule has 71 heavy (non-hydrogen) atoms. The summed E-state index contributed by atoms with van der Waals surface area (Å²) in [4.78, 5) is 25.4. The zero-order valence-corrected chi connectivity index (χ0v) is 46.8. The van der Waals surface area contributed by atoms with E-state index in [9.17, 15) is 19.4 Å². The van der Waals surface area contributed by atoms with E-state index in [2.05, 4.69) is 141 Å². The number of quaternary nitrogens is 1. The molecule has 8 nitrogen and oxygen atoms in total. The fraction of sp³-hybridized carbons (Fsp3) is 0.629. The highest BCUT2D eigenvalue weighted by atomic mass is 31.2. The summed E-state index contributed by atoms with van der Waals surface area (Å²) in [6.45, 7) is 4.48. The number of hydrogen-bond acceptors (Lipinski definition) is 6. The zero-order valence-electron chi connectivity index (χ0n) is 45.9. The van der Waals surface area contributed by atoms with E-state index >= 15 is 0 Å². The van der Waals surface area contributed by atoms with Crippen molar-refractivity contribution in [2.75, 3.05) is 40.9 Å². The second-order valence-corrected chi connectivity index (χ2v) is 21.0. The number of carbonyl (C=O) groups is 1. The van der Waals surface area contributed by atoms with Crippen molar-refractivity contribution in [1.82, 2.24) is 5.32 Å². The molecule has 0 saturated heterocycles. The Balaban J connectivity index is 4.35. The summed E-state index contributed by atoms with van der Waals surface area (Å²) in [6.07, 6.45) is 78.1. The van der Waals surface area contributed by atoms with Gasteiger partial charge in [-0.1, -0.05) is 231 Å². The molecule has 0 radical (unpaired) electrons. The maximum absolute atomic E-state index is 12.9. The zero-order chi connectivity index (χ0) is 52.0. The second-order valence-electron chi connectivity index (χ2n) is 19.6. The Morgan fingerprint density at radius 3 is 1.25 bits per heavy atom. The van der Waals surface area contributed by atoms with Gasteiger partial charge in [-0.15, -0.1) is 0 Å². The van der Waals surface area contributed by atoms with Gasteiger partial charge in [-0.3, -0.25) is 9.36 Å². The summed E-state index contributed by atoms with van der Waals surface area (Å²) in [5.41, 5.74) is 0. The number of likely N-dealkylation sites (N-methyl/N-ethyl adjacent to an activating group) is 1. The van der Waals surface area contributed by atoms with E-state index in [4.69, 9.17) is 9.05 Å². The molecule has 0 aromatic rings. The van der Waals surface area contributed by atoms with Gasteiger partial charge in [0.05, 0.1) is 39.9 Å². The van der Waals surface area contributed by atoms with Gasteiger partial charge in [0, 0.05) is 6.42 Å². The van der Waals surface area contributed by atoms with Crippen LogP contribution >= 0.6 is 7.82 Å². The van der Waals surface area contributed by atoms with Crippen LogP contribution in [0.4, 0.5) is 0 Å². The predicted octanol–water partition coefficient (Wildman–Crippen LogP) is 16.5. The van der Waals surface area contributed by atoms with Gasteiger partial charge < -0.3 is 28.8 Å². The number of aliphatic hydroxyl groups is 1.